The molecule has 1 rings (SSSR count). The number of nitrogens with one attached hydrogen (secondary N) is 1. The van der Waals surface area contributed by atoms with E-state index in [9.17, 15) is 13.2 Å². The monoisotopic (exact) mass is 317 g/mol. The average molecular weight is 318 g/mol. The molecule has 0 bridgehead atoms. The molecular formula is C13H16ClNO4S. The van der Waals surface area contributed by atoms with E-state index in [4.69, 9.17) is 16.7 Å². The highest BCUT2D eigenvalue weighted by Gasteiger charge is 2.25. The van der Waals surface area contributed by atoms with Crippen molar-refractivity contribution < 1.29 is 18.3 Å². The standard InChI is InChI=1S/C13H16ClNO4S/c1-9(2)12(13(16)17)15-20(18,19)8-7-10-3-5-11(14)6-4-10/h3-9,12,15H,1-2H3,(H,16,17)/b8-7+/t12-/m0/s1. The zero-order chi connectivity index (χ0) is 15.3. The Balaban J connectivity index is 2.84. The second-order valence-corrected chi connectivity index (χ2v) is 6.61. The predicted octanol–water partition coefficient (Wildman–Crippen LogP) is 2.34. The van der Waals surface area contributed by atoms with Crippen LogP contribution in [0.3, 0.4) is 0 Å². The molecule has 0 fully saturated rings. The summed E-state index contributed by atoms with van der Waals surface area (Å²) in [5.74, 6) is -1.56. The van der Waals surface area contributed by atoms with Crippen molar-refractivity contribution in [1.82, 2.24) is 4.72 Å². The maximum Gasteiger partial charge on any atom is 0.322 e. The summed E-state index contributed by atoms with van der Waals surface area (Å²) in [6, 6.07) is 5.43. The number of aliphatic carboxylic acids is 1. The summed E-state index contributed by atoms with van der Waals surface area (Å²) in [4.78, 5) is 11.0. The fraction of sp³-hybridized carbons (Fsp3) is 0.308. The van der Waals surface area contributed by atoms with Crippen molar-refractivity contribution >= 4 is 33.7 Å². The molecule has 5 nitrogen and oxygen atoms in total. The molecule has 0 saturated carbocycles. The zero-order valence-corrected chi connectivity index (χ0v) is 12.6. The third-order valence-electron chi connectivity index (χ3n) is 2.53. The SMILES string of the molecule is CC(C)[C@H](NS(=O)(=O)/C=C/c1ccc(Cl)cc1)C(=O)O. The van der Waals surface area contributed by atoms with Gasteiger partial charge in [-0.15, -0.1) is 0 Å². The van der Waals surface area contributed by atoms with Crippen molar-refractivity contribution in [3.63, 3.8) is 0 Å². The average Bonchev–Trinajstić information content (AvgIpc) is 2.35. The number of hydrogen-bond donors (Lipinski definition) is 2. The normalized spacial score (nSPS) is 13.8. The number of rotatable bonds is 6. The minimum Gasteiger partial charge on any atom is -0.480 e. The molecule has 20 heavy (non-hydrogen) atoms. The van der Waals surface area contributed by atoms with E-state index in [0.29, 0.717) is 10.6 Å². The Labute approximate surface area is 123 Å². The van der Waals surface area contributed by atoms with Gasteiger partial charge in [0.25, 0.3) is 0 Å². The van der Waals surface area contributed by atoms with E-state index in [1.807, 2.05) is 0 Å². The van der Waals surface area contributed by atoms with Crippen molar-refractivity contribution in [1.29, 1.82) is 0 Å². The molecule has 0 aliphatic rings. The number of hydrogen-bond acceptors (Lipinski definition) is 3. The second-order valence-electron chi connectivity index (χ2n) is 4.58. The molecule has 2 N–H and O–H groups in total. The zero-order valence-electron chi connectivity index (χ0n) is 11.1. The highest BCUT2D eigenvalue weighted by Crippen LogP contribution is 2.11. The Bertz CT molecular complexity index is 593. The van der Waals surface area contributed by atoms with Gasteiger partial charge < -0.3 is 5.11 Å². The number of benzene rings is 1. The summed E-state index contributed by atoms with van der Waals surface area (Å²) in [7, 11) is -3.82. The van der Waals surface area contributed by atoms with Gasteiger partial charge in [-0.1, -0.05) is 37.6 Å². The topological polar surface area (TPSA) is 83.5 Å². The van der Waals surface area contributed by atoms with Crippen molar-refractivity contribution in [2.75, 3.05) is 0 Å². The quantitative estimate of drug-likeness (QED) is 0.843. The molecule has 1 aromatic carbocycles. The van der Waals surface area contributed by atoms with Crippen LogP contribution in [0.1, 0.15) is 19.4 Å². The molecule has 0 unspecified atom stereocenters. The Morgan fingerprint density at radius 1 is 1.30 bits per heavy atom. The lowest BCUT2D eigenvalue weighted by molar-refractivity contribution is -0.140. The molecule has 0 saturated heterocycles. The van der Waals surface area contributed by atoms with Gasteiger partial charge in [0.1, 0.15) is 6.04 Å². The molecule has 0 amide bonds. The molecule has 0 radical (unpaired) electrons. The van der Waals surface area contributed by atoms with Gasteiger partial charge in [-0.2, -0.15) is 4.72 Å². The number of halogens is 1. The lowest BCUT2D eigenvalue weighted by Crippen LogP contribution is -2.43. The van der Waals surface area contributed by atoms with Crippen LogP contribution < -0.4 is 4.72 Å². The van der Waals surface area contributed by atoms with E-state index in [-0.39, 0.29) is 5.92 Å². The summed E-state index contributed by atoms with van der Waals surface area (Å²) < 4.78 is 25.7. The first-order valence-corrected chi connectivity index (χ1v) is 7.82. The van der Waals surface area contributed by atoms with Crippen LogP contribution in [0.25, 0.3) is 6.08 Å². The van der Waals surface area contributed by atoms with Crippen molar-refractivity contribution in [2.24, 2.45) is 5.92 Å². The van der Waals surface area contributed by atoms with Gasteiger partial charge in [0, 0.05) is 10.4 Å². The molecule has 0 heterocycles. The first kappa shape index (κ1) is 16.7. The summed E-state index contributed by atoms with van der Waals surface area (Å²) in [6.45, 7) is 3.26. The molecule has 0 spiro atoms. The molecule has 110 valence electrons. The van der Waals surface area contributed by atoms with Gasteiger partial charge in [0.2, 0.25) is 10.0 Å². The highest BCUT2D eigenvalue weighted by atomic mass is 35.5. The van der Waals surface area contributed by atoms with Crippen LogP contribution in [0.15, 0.2) is 29.7 Å². The van der Waals surface area contributed by atoms with Crippen LogP contribution in [0.4, 0.5) is 0 Å². The Kier molecular flexibility index (Phi) is 5.74. The summed E-state index contributed by atoms with van der Waals surface area (Å²) >= 11 is 5.72. The number of sulfonamides is 1. The summed E-state index contributed by atoms with van der Waals surface area (Å²) in [5.41, 5.74) is 0.649. The molecule has 0 aliphatic heterocycles. The van der Waals surface area contributed by atoms with E-state index in [0.717, 1.165) is 5.41 Å². The highest BCUT2D eigenvalue weighted by molar-refractivity contribution is 7.92. The second kappa shape index (κ2) is 6.88. The number of carboxylic acid groups (broad SMARTS) is 1. The van der Waals surface area contributed by atoms with E-state index < -0.39 is 22.0 Å². The summed E-state index contributed by atoms with van der Waals surface area (Å²) in [5, 5.41) is 10.4. The third kappa shape index (κ3) is 5.32. The van der Waals surface area contributed by atoms with Crippen LogP contribution >= 0.6 is 11.6 Å². The van der Waals surface area contributed by atoms with Gasteiger partial charge in [-0.25, -0.2) is 8.42 Å². The van der Waals surface area contributed by atoms with Crippen molar-refractivity contribution in [3.8, 4) is 0 Å². The largest absolute Gasteiger partial charge is 0.480 e. The fourth-order valence-electron chi connectivity index (χ4n) is 1.43. The van der Waals surface area contributed by atoms with E-state index in [1.165, 1.54) is 6.08 Å². The molecule has 1 atom stereocenters. The first-order valence-electron chi connectivity index (χ1n) is 5.90. The van der Waals surface area contributed by atoms with Crippen molar-refractivity contribution in [3.05, 3.63) is 40.3 Å². The van der Waals surface area contributed by atoms with Crippen LogP contribution in [0.2, 0.25) is 5.02 Å². The number of carbonyl (C=O) groups is 1. The number of carboxylic acids is 1. The smallest absolute Gasteiger partial charge is 0.322 e. The van der Waals surface area contributed by atoms with E-state index >= 15 is 0 Å². The van der Waals surface area contributed by atoms with Gasteiger partial charge in [-0.3, -0.25) is 4.79 Å². The Morgan fingerprint density at radius 3 is 2.30 bits per heavy atom. The summed E-state index contributed by atoms with van der Waals surface area (Å²) in [6.07, 6.45) is 1.37. The maximum atomic E-state index is 11.8. The molecule has 7 heteroatoms. The first-order chi connectivity index (χ1) is 9.21. The fourth-order valence-corrected chi connectivity index (χ4v) is 2.70. The predicted molar refractivity (Wildman–Crippen MR) is 78.8 cm³/mol. The van der Waals surface area contributed by atoms with Gasteiger partial charge in [0.05, 0.1) is 0 Å². The molecule has 0 aliphatic carbocycles. The maximum absolute atomic E-state index is 11.8. The van der Waals surface area contributed by atoms with E-state index in [1.54, 1.807) is 38.1 Å². The van der Waals surface area contributed by atoms with Crippen LogP contribution in [-0.2, 0) is 14.8 Å². The lowest BCUT2D eigenvalue weighted by Gasteiger charge is -2.16. The van der Waals surface area contributed by atoms with Crippen LogP contribution in [0, 0.1) is 5.92 Å². The van der Waals surface area contributed by atoms with Gasteiger partial charge in [0.15, 0.2) is 0 Å². The Hall–Kier alpha value is -1.37. The van der Waals surface area contributed by atoms with E-state index in [2.05, 4.69) is 4.72 Å². The van der Waals surface area contributed by atoms with Crippen molar-refractivity contribution in [2.45, 2.75) is 19.9 Å². The minimum atomic E-state index is -3.82. The third-order valence-corrected chi connectivity index (χ3v) is 3.86. The Morgan fingerprint density at radius 2 is 1.85 bits per heavy atom. The molecule has 0 aromatic heterocycles. The minimum absolute atomic E-state index is 0.355. The van der Waals surface area contributed by atoms with Gasteiger partial charge >= 0.3 is 5.97 Å². The van der Waals surface area contributed by atoms with Crippen LogP contribution in [0.5, 0.6) is 0 Å². The van der Waals surface area contributed by atoms with Crippen LogP contribution in [-0.4, -0.2) is 25.5 Å². The van der Waals surface area contributed by atoms with Gasteiger partial charge in [-0.05, 0) is 29.7 Å². The molecular weight excluding hydrogens is 302 g/mol. The lowest BCUT2D eigenvalue weighted by atomic mass is 10.1. The molecule has 1 aromatic rings.